The number of carbonyl (C=O) groups excluding carboxylic acids is 1. The van der Waals surface area contributed by atoms with Crippen molar-refractivity contribution in [2.45, 2.75) is 57.4 Å². The second-order valence-electron chi connectivity index (χ2n) is 8.29. The summed E-state index contributed by atoms with van der Waals surface area (Å²) < 4.78 is 0. The van der Waals surface area contributed by atoms with Crippen molar-refractivity contribution < 1.29 is 4.79 Å². The number of aromatic nitrogens is 2. The number of nitrogens with zero attached hydrogens (tertiary/aromatic N) is 2. The van der Waals surface area contributed by atoms with Crippen LogP contribution in [0.25, 0.3) is 0 Å². The van der Waals surface area contributed by atoms with Crippen molar-refractivity contribution in [3.63, 3.8) is 0 Å². The van der Waals surface area contributed by atoms with Gasteiger partial charge < -0.3 is 15.2 Å². The molecule has 1 saturated heterocycles. The standard InChI is InChI=1S/C21H26N4O/c1-13(2)14-6-5-9-17-19(14)21(11-22-12-21)20(26)25(17)10-18-23-15-7-3-4-8-16(15)24-18/h5-6,9,13,22H,3-4,7-8,10-12H2,1-2H3,(H,23,24). The molecule has 1 fully saturated rings. The van der Waals surface area contributed by atoms with Gasteiger partial charge in [0.2, 0.25) is 5.91 Å². The molecule has 1 spiro atoms. The molecule has 2 aromatic rings. The maximum Gasteiger partial charge on any atom is 0.240 e. The highest BCUT2D eigenvalue weighted by Gasteiger charge is 2.56. The van der Waals surface area contributed by atoms with E-state index < -0.39 is 0 Å². The summed E-state index contributed by atoms with van der Waals surface area (Å²) in [4.78, 5) is 23.7. The van der Waals surface area contributed by atoms with Crippen molar-refractivity contribution in [2.24, 2.45) is 0 Å². The van der Waals surface area contributed by atoms with Crippen molar-refractivity contribution in [3.05, 3.63) is 46.5 Å². The van der Waals surface area contributed by atoms with Gasteiger partial charge in [-0.2, -0.15) is 0 Å². The van der Waals surface area contributed by atoms with Crippen LogP contribution in [0.1, 0.15) is 60.9 Å². The number of amides is 1. The van der Waals surface area contributed by atoms with Crippen molar-refractivity contribution in [1.29, 1.82) is 0 Å². The van der Waals surface area contributed by atoms with Crippen LogP contribution in [0.15, 0.2) is 18.2 Å². The monoisotopic (exact) mass is 350 g/mol. The molecule has 26 heavy (non-hydrogen) atoms. The number of hydrogen-bond acceptors (Lipinski definition) is 3. The molecule has 0 bridgehead atoms. The number of nitrogens with one attached hydrogen (secondary N) is 2. The maximum atomic E-state index is 13.4. The van der Waals surface area contributed by atoms with Gasteiger partial charge in [-0.15, -0.1) is 0 Å². The Morgan fingerprint density at radius 2 is 2.04 bits per heavy atom. The van der Waals surface area contributed by atoms with E-state index in [2.05, 4.69) is 42.3 Å². The zero-order valence-corrected chi connectivity index (χ0v) is 15.6. The van der Waals surface area contributed by atoms with Crippen LogP contribution in [-0.2, 0) is 29.6 Å². The molecule has 0 radical (unpaired) electrons. The van der Waals surface area contributed by atoms with Crippen molar-refractivity contribution >= 4 is 11.6 Å². The van der Waals surface area contributed by atoms with Crippen molar-refractivity contribution in [3.8, 4) is 0 Å². The Kier molecular flexibility index (Phi) is 3.51. The Balaban J connectivity index is 1.56. The summed E-state index contributed by atoms with van der Waals surface area (Å²) in [6, 6.07) is 6.38. The Morgan fingerprint density at radius 3 is 2.73 bits per heavy atom. The third kappa shape index (κ3) is 2.13. The number of fused-ring (bicyclic) bond motifs is 3. The second kappa shape index (κ2) is 5.68. The number of benzene rings is 1. The number of aryl methyl sites for hydroxylation is 2. The second-order valence-corrected chi connectivity index (χ2v) is 8.29. The molecule has 1 aromatic carbocycles. The van der Waals surface area contributed by atoms with E-state index in [-0.39, 0.29) is 11.3 Å². The van der Waals surface area contributed by atoms with E-state index in [1.54, 1.807) is 0 Å². The van der Waals surface area contributed by atoms with E-state index in [0.29, 0.717) is 12.5 Å². The molecule has 0 saturated carbocycles. The lowest BCUT2D eigenvalue weighted by Gasteiger charge is -2.39. The summed E-state index contributed by atoms with van der Waals surface area (Å²) in [5, 5.41) is 3.33. The Morgan fingerprint density at radius 1 is 1.23 bits per heavy atom. The predicted octanol–water partition coefficient (Wildman–Crippen LogP) is 2.80. The summed E-state index contributed by atoms with van der Waals surface area (Å²) >= 11 is 0. The molecule has 1 aromatic heterocycles. The van der Waals surface area contributed by atoms with Gasteiger partial charge in [0.05, 0.1) is 12.2 Å². The quantitative estimate of drug-likeness (QED) is 0.895. The minimum absolute atomic E-state index is 0.230. The first-order valence-corrected chi connectivity index (χ1v) is 9.83. The van der Waals surface area contributed by atoms with E-state index in [9.17, 15) is 4.79 Å². The fourth-order valence-corrected chi connectivity index (χ4v) is 4.86. The van der Waals surface area contributed by atoms with Gasteiger partial charge >= 0.3 is 0 Å². The SMILES string of the molecule is CC(C)c1cccc2c1C1(CNC1)C(=O)N2Cc1nc2c([nH]1)CCCC2. The molecule has 5 rings (SSSR count). The van der Waals surface area contributed by atoms with E-state index >= 15 is 0 Å². The van der Waals surface area contributed by atoms with E-state index in [1.165, 1.54) is 35.4 Å². The summed E-state index contributed by atoms with van der Waals surface area (Å²) in [5.74, 6) is 1.57. The molecular formula is C21H26N4O. The largest absolute Gasteiger partial charge is 0.344 e. The first-order valence-electron chi connectivity index (χ1n) is 9.83. The van der Waals surface area contributed by atoms with Gasteiger partial charge in [0, 0.05) is 24.5 Å². The number of hydrogen-bond donors (Lipinski definition) is 2. The highest BCUT2D eigenvalue weighted by atomic mass is 16.2. The van der Waals surface area contributed by atoms with E-state index in [4.69, 9.17) is 4.98 Å². The van der Waals surface area contributed by atoms with Gasteiger partial charge in [-0.25, -0.2) is 4.98 Å². The fourth-order valence-electron chi connectivity index (χ4n) is 4.86. The molecule has 2 N–H and O–H groups in total. The number of H-pyrrole nitrogens is 1. The average molecular weight is 350 g/mol. The normalized spacial score (nSPS) is 20.4. The summed E-state index contributed by atoms with van der Waals surface area (Å²) in [5.41, 5.74) is 5.73. The third-order valence-electron chi connectivity index (χ3n) is 6.29. The molecule has 2 aliphatic heterocycles. The molecule has 5 nitrogen and oxygen atoms in total. The predicted molar refractivity (Wildman–Crippen MR) is 101 cm³/mol. The fraction of sp³-hybridized carbons (Fsp3) is 0.524. The Hall–Kier alpha value is -2.14. The molecule has 0 atom stereocenters. The number of aromatic amines is 1. The minimum atomic E-state index is -0.373. The van der Waals surface area contributed by atoms with Crippen LogP contribution >= 0.6 is 0 Å². The van der Waals surface area contributed by atoms with E-state index in [1.807, 2.05) is 4.90 Å². The van der Waals surface area contributed by atoms with Gasteiger partial charge in [0.15, 0.2) is 0 Å². The van der Waals surface area contributed by atoms with Crippen LogP contribution in [-0.4, -0.2) is 29.0 Å². The van der Waals surface area contributed by atoms with Crippen LogP contribution in [0.4, 0.5) is 5.69 Å². The first kappa shape index (κ1) is 16.1. The number of carbonyl (C=O) groups is 1. The van der Waals surface area contributed by atoms with Crippen LogP contribution < -0.4 is 10.2 Å². The molecule has 3 heterocycles. The Bertz CT molecular complexity index is 855. The van der Waals surface area contributed by atoms with Gasteiger partial charge in [-0.3, -0.25) is 4.79 Å². The smallest absolute Gasteiger partial charge is 0.240 e. The van der Waals surface area contributed by atoms with Crippen molar-refractivity contribution in [1.82, 2.24) is 15.3 Å². The molecular weight excluding hydrogens is 324 g/mol. The summed E-state index contributed by atoms with van der Waals surface area (Å²) in [6.07, 6.45) is 4.59. The maximum absolute atomic E-state index is 13.4. The summed E-state index contributed by atoms with van der Waals surface area (Å²) in [6.45, 7) is 6.45. The van der Waals surface area contributed by atoms with E-state index in [0.717, 1.165) is 37.4 Å². The number of imidazole rings is 1. The highest BCUT2D eigenvalue weighted by molar-refractivity contribution is 6.09. The third-order valence-corrected chi connectivity index (χ3v) is 6.29. The van der Waals surface area contributed by atoms with Crippen LogP contribution in [0, 0.1) is 0 Å². The van der Waals surface area contributed by atoms with Crippen LogP contribution in [0.3, 0.4) is 0 Å². The molecule has 1 aliphatic carbocycles. The molecule has 136 valence electrons. The van der Waals surface area contributed by atoms with Gasteiger partial charge in [-0.05, 0) is 48.8 Å². The van der Waals surface area contributed by atoms with Gasteiger partial charge in [-0.1, -0.05) is 26.0 Å². The molecule has 3 aliphatic rings. The van der Waals surface area contributed by atoms with Gasteiger partial charge in [0.1, 0.15) is 11.2 Å². The topological polar surface area (TPSA) is 61.0 Å². The zero-order chi connectivity index (χ0) is 17.9. The average Bonchev–Trinajstić information content (AvgIpc) is 3.11. The minimum Gasteiger partial charge on any atom is -0.344 e. The molecule has 5 heteroatoms. The van der Waals surface area contributed by atoms with Crippen molar-refractivity contribution in [2.75, 3.05) is 18.0 Å². The lowest BCUT2D eigenvalue weighted by Crippen LogP contribution is -2.62. The summed E-state index contributed by atoms with van der Waals surface area (Å²) in [7, 11) is 0. The lowest BCUT2D eigenvalue weighted by molar-refractivity contribution is -0.125. The van der Waals surface area contributed by atoms with Crippen LogP contribution in [0.5, 0.6) is 0 Å². The molecule has 1 amide bonds. The molecule has 0 unspecified atom stereocenters. The van der Waals surface area contributed by atoms with Gasteiger partial charge in [0.25, 0.3) is 0 Å². The number of anilines is 1. The lowest BCUT2D eigenvalue weighted by atomic mass is 9.73. The first-order chi connectivity index (χ1) is 12.6. The Labute approximate surface area is 154 Å². The van der Waals surface area contributed by atoms with Crippen LogP contribution in [0.2, 0.25) is 0 Å². The zero-order valence-electron chi connectivity index (χ0n) is 15.6. The highest BCUT2D eigenvalue weighted by Crippen LogP contribution is 2.48. The number of rotatable bonds is 3.